The van der Waals surface area contributed by atoms with Crippen LogP contribution in [0.15, 0.2) is 116 Å². The Bertz CT molecular complexity index is 2820. The van der Waals surface area contributed by atoms with E-state index >= 15 is 8.78 Å². The summed E-state index contributed by atoms with van der Waals surface area (Å²) in [5.41, 5.74) is 1.55. The number of allylic oxidation sites excluding steroid dienone is 2. The minimum Gasteiger partial charge on any atom is -0.463 e. The summed E-state index contributed by atoms with van der Waals surface area (Å²) in [5, 5.41) is 36.5. The highest BCUT2D eigenvalue weighted by molar-refractivity contribution is 5.96. The van der Waals surface area contributed by atoms with Gasteiger partial charge in [-0.1, -0.05) is 99.7 Å². The number of anilines is 1. The van der Waals surface area contributed by atoms with Gasteiger partial charge in [0.25, 0.3) is 0 Å². The smallest absolute Gasteiger partial charge is 0.432 e. The van der Waals surface area contributed by atoms with Crippen LogP contribution in [0.2, 0.25) is 0 Å². The van der Waals surface area contributed by atoms with Gasteiger partial charge in [-0.05, 0) is 82.0 Å². The van der Waals surface area contributed by atoms with E-state index in [-0.39, 0.29) is 25.2 Å². The topological polar surface area (TPSA) is 245 Å². The third kappa shape index (κ3) is 15.7. The molecule has 3 atom stereocenters. The van der Waals surface area contributed by atoms with Crippen molar-refractivity contribution in [3.05, 3.63) is 144 Å². The van der Waals surface area contributed by atoms with Gasteiger partial charge in [-0.15, -0.1) is 0 Å². The molecule has 1 aliphatic rings. The van der Waals surface area contributed by atoms with Gasteiger partial charge in [-0.25, -0.2) is 28.0 Å². The molecule has 5 aromatic rings. The Hall–Kier alpha value is -8.16. The van der Waals surface area contributed by atoms with E-state index in [1.807, 2.05) is 20.8 Å². The second-order valence-corrected chi connectivity index (χ2v) is 19.8. The lowest BCUT2D eigenvalue weighted by Crippen LogP contribution is -2.48. The monoisotopic (exact) mass is 994 g/mol. The summed E-state index contributed by atoms with van der Waals surface area (Å²) in [7, 11) is 0. The summed E-state index contributed by atoms with van der Waals surface area (Å²) >= 11 is 0. The van der Waals surface area contributed by atoms with Crippen molar-refractivity contribution in [1.29, 1.82) is 0 Å². The van der Waals surface area contributed by atoms with Crippen LogP contribution in [0.3, 0.4) is 0 Å². The van der Waals surface area contributed by atoms with Gasteiger partial charge < -0.3 is 41.0 Å². The zero-order valence-corrected chi connectivity index (χ0v) is 41.5. The Morgan fingerprint density at radius 3 is 1.72 bits per heavy atom. The van der Waals surface area contributed by atoms with Gasteiger partial charge >= 0.3 is 24.4 Å². The standard InChI is InChI=1S/C28H33FN4O5.C24H27FN4O5/c1-27(2,3)23-20(16-33(32-23)26(36)37)18-12-13-22(21(29)14-18)31-24(34)19(17-10-8-7-9-11-17)15-30-25(35)38-28(4,5)6;1-23(2,3)34-21(31)26-14-19(16-8-5-4-6-9-16)20(30)28-24(25)11-7-10-17(12-24)18-13-27-29(15-18)22(32)33/h7-14,16,19H,15H2,1-6H3,(H,30,35)(H,31,34)(H,36,37);4-11,13,15,19H,12,14H2,1-3H3,(H,26,31)(H,28,30)(H,32,33). The number of carboxylic acid groups (broad SMARTS) is 2. The molecule has 3 unspecified atom stereocenters. The second-order valence-electron chi connectivity index (χ2n) is 19.8. The first-order valence-electron chi connectivity index (χ1n) is 22.8. The van der Waals surface area contributed by atoms with Crippen molar-refractivity contribution >= 4 is 47.4 Å². The van der Waals surface area contributed by atoms with Crippen LogP contribution in [-0.4, -0.2) is 96.0 Å². The lowest BCUT2D eigenvalue weighted by atomic mass is 9.87. The molecule has 0 spiro atoms. The van der Waals surface area contributed by atoms with Crippen molar-refractivity contribution in [2.45, 2.75) is 103 Å². The highest BCUT2D eigenvalue weighted by Crippen LogP contribution is 2.35. The van der Waals surface area contributed by atoms with E-state index in [0.29, 0.717) is 39.1 Å². The summed E-state index contributed by atoms with van der Waals surface area (Å²) in [4.78, 5) is 73.2. The number of amides is 4. The Balaban J connectivity index is 0.000000269. The third-order valence-electron chi connectivity index (χ3n) is 10.5. The number of nitrogens with zero attached hydrogens (tertiary/aromatic N) is 4. The molecule has 2 aromatic heterocycles. The van der Waals surface area contributed by atoms with Gasteiger partial charge in [0.2, 0.25) is 17.6 Å². The first-order chi connectivity index (χ1) is 33.6. The first kappa shape index (κ1) is 54.8. The molecule has 0 aliphatic heterocycles. The van der Waals surface area contributed by atoms with Crippen LogP contribution in [-0.2, 0) is 24.5 Å². The summed E-state index contributed by atoms with van der Waals surface area (Å²) in [6.45, 7) is 15.9. The van der Waals surface area contributed by atoms with Crippen molar-refractivity contribution in [3.63, 3.8) is 0 Å². The maximum atomic E-state index is 15.7. The maximum Gasteiger partial charge on any atom is 0.432 e. The number of alkyl halides is 1. The van der Waals surface area contributed by atoms with Gasteiger partial charge in [0.15, 0.2) is 0 Å². The summed E-state index contributed by atoms with van der Waals surface area (Å²) < 4.78 is 42.9. The molecule has 3 aromatic carbocycles. The number of carbonyl (C=O) groups excluding carboxylic acids is 4. The van der Waals surface area contributed by atoms with Crippen LogP contribution in [0.1, 0.15) is 103 Å². The lowest BCUT2D eigenvalue weighted by molar-refractivity contribution is -0.125. The number of nitrogens with one attached hydrogen (secondary N) is 4. The molecular weight excluding hydrogens is 935 g/mol. The molecule has 2 heterocycles. The molecule has 20 heteroatoms. The van der Waals surface area contributed by atoms with E-state index in [9.17, 15) is 33.9 Å². The highest BCUT2D eigenvalue weighted by Gasteiger charge is 2.36. The van der Waals surface area contributed by atoms with Crippen LogP contribution in [0, 0.1) is 5.82 Å². The molecule has 0 radical (unpaired) electrons. The molecule has 382 valence electrons. The predicted octanol–water partition coefficient (Wildman–Crippen LogP) is 9.60. The number of hydrogen-bond donors (Lipinski definition) is 6. The summed E-state index contributed by atoms with van der Waals surface area (Å²) in [6.07, 6.45) is 4.14. The number of aromatic nitrogens is 4. The molecule has 72 heavy (non-hydrogen) atoms. The van der Waals surface area contributed by atoms with Crippen LogP contribution in [0.25, 0.3) is 16.7 Å². The number of ether oxygens (including phenoxy) is 2. The number of carbonyl (C=O) groups is 6. The number of halogens is 2. The van der Waals surface area contributed by atoms with Crippen molar-refractivity contribution in [2.24, 2.45) is 0 Å². The molecule has 4 amide bonds. The predicted molar refractivity (Wildman–Crippen MR) is 265 cm³/mol. The maximum absolute atomic E-state index is 15.7. The average molecular weight is 995 g/mol. The summed E-state index contributed by atoms with van der Waals surface area (Å²) in [5.74, 6) is -5.76. The largest absolute Gasteiger partial charge is 0.463 e. The zero-order valence-electron chi connectivity index (χ0n) is 41.5. The van der Waals surface area contributed by atoms with Crippen molar-refractivity contribution < 1.29 is 57.2 Å². The van der Waals surface area contributed by atoms with Crippen molar-refractivity contribution in [3.8, 4) is 11.1 Å². The highest BCUT2D eigenvalue weighted by atomic mass is 19.1. The normalized spacial score (nSPS) is 15.3. The number of alkyl carbamates (subject to hydrolysis) is 2. The summed E-state index contributed by atoms with van der Waals surface area (Å²) in [6, 6.07) is 21.8. The van der Waals surface area contributed by atoms with Gasteiger partial charge in [-0.2, -0.15) is 19.6 Å². The van der Waals surface area contributed by atoms with E-state index < -0.39 is 76.3 Å². The second kappa shape index (κ2) is 22.7. The minimum atomic E-state index is -2.22. The molecular formula is C52H60F2N8O10. The Morgan fingerprint density at radius 1 is 0.722 bits per heavy atom. The van der Waals surface area contributed by atoms with E-state index in [4.69, 9.17) is 14.6 Å². The van der Waals surface area contributed by atoms with Crippen molar-refractivity contribution in [1.82, 2.24) is 35.5 Å². The molecule has 0 bridgehead atoms. The van der Waals surface area contributed by atoms with Crippen LogP contribution in [0.5, 0.6) is 0 Å². The van der Waals surface area contributed by atoms with Gasteiger partial charge in [0, 0.05) is 48.4 Å². The Labute approximate surface area is 415 Å². The zero-order chi connectivity index (χ0) is 53.2. The van der Waals surface area contributed by atoms with Crippen LogP contribution in [0.4, 0.5) is 33.6 Å². The lowest BCUT2D eigenvalue weighted by Gasteiger charge is -2.29. The van der Waals surface area contributed by atoms with E-state index in [0.717, 1.165) is 9.36 Å². The number of hydrogen-bond acceptors (Lipinski definition) is 10. The number of benzene rings is 3. The van der Waals surface area contributed by atoms with Gasteiger partial charge in [0.1, 0.15) is 17.0 Å². The van der Waals surface area contributed by atoms with E-state index in [1.165, 1.54) is 42.9 Å². The minimum absolute atomic E-state index is 0.0557. The SMILES string of the molecule is CC(C)(C)OC(=O)NCC(C(=O)NC1(F)C=CC=C(c2cnn(C(=O)O)c2)C1)c1ccccc1.CC(C)(C)OC(=O)NCC(C(=O)Nc1ccc(-c2cn(C(=O)O)nc2C(C)(C)C)cc1F)c1ccccc1. The van der Waals surface area contributed by atoms with Gasteiger partial charge in [0.05, 0.1) is 29.4 Å². The molecule has 0 fully saturated rings. The van der Waals surface area contributed by atoms with Crippen LogP contribution < -0.4 is 21.3 Å². The average Bonchev–Trinajstić information content (AvgIpc) is 3.97. The Morgan fingerprint density at radius 2 is 1.25 bits per heavy atom. The molecule has 6 N–H and O–H groups in total. The van der Waals surface area contributed by atoms with Crippen molar-refractivity contribution in [2.75, 3.05) is 18.4 Å². The van der Waals surface area contributed by atoms with Gasteiger partial charge in [-0.3, -0.25) is 9.59 Å². The first-order valence-corrected chi connectivity index (χ1v) is 22.8. The number of rotatable bonds is 12. The van der Waals surface area contributed by atoms with Crippen LogP contribution >= 0.6 is 0 Å². The Kier molecular flexibility index (Phi) is 17.3. The molecule has 18 nitrogen and oxygen atoms in total. The quantitative estimate of drug-likeness (QED) is 0.0640. The van der Waals surface area contributed by atoms with E-state index in [2.05, 4.69) is 31.5 Å². The molecule has 1 aliphatic carbocycles. The molecule has 0 saturated carbocycles. The fraction of sp³-hybridized carbons (Fsp3) is 0.346. The van der Waals surface area contributed by atoms with E-state index in [1.54, 1.807) is 114 Å². The molecule has 6 rings (SSSR count). The third-order valence-corrected chi connectivity index (χ3v) is 10.5. The fourth-order valence-corrected chi connectivity index (χ4v) is 7.22. The fourth-order valence-electron chi connectivity index (χ4n) is 7.22. The molecule has 0 saturated heterocycles.